The highest BCUT2D eigenvalue weighted by Crippen LogP contribution is 2.35. The van der Waals surface area contributed by atoms with Crippen molar-refractivity contribution in [2.75, 3.05) is 32.9 Å². The Kier molecular flexibility index (Phi) is 3.32. The van der Waals surface area contributed by atoms with E-state index in [-0.39, 0.29) is 18.1 Å². The van der Waals surface area contributed by atoms with Crippen LogP contribution in [0.25, 0.3) is 0 Å². The molecule has 3 heterocycles. The van der Waals surface area contributed by atoms with Crippen molar-refractivity contribution in [2.45, 2.75) is 25.3 Å². The smallest absolute Gasteiger partial charge is 0.213 e. The molecule has 2 fully saturated rings. The van der Waals surface area contributed by atoms with E-state index >= 15 is 0 Å². The van der Waals surface area contributed by atoms with Crippen molar-refractivity contribution < 1.29 is 14.4 Å². The molecule has 0 radical (unpaired) electrons. The molecule has 3 rings (SSSR count). The van der Waals surface area contributed by atoms with Crippen molar-refractivity contribution >= 4 is 0 Å². The third kappa shape index (κ3) is 2.15. The summed E-state index contributed by atoms with van der Waals surface area (Å²) in [5.41, 5.74) is -0.0840. The second-order valence-electron chi connectivity index (χ2n) is 5.42. The first-order chi connectivity index (χ1) is 8.83. The van der Waals surface area contributed by atoms with Crippen molar-refractivity contribution in [3.63, 3.8) is 0 Å². The third-order valence-electron chi connectivity index (χ3n) is 3.98. The van der Waals surface area contributed by atoms with Gasteiger partial charge in [-0.1, -0.05) is 11.6 Å². The van der Waals surface area contributed by atoms with E-state index in [0.717, 1.165) is 25.3 Å². The first-order valence-electron chi connectivity index (χ1n) is 6.52. The minimum Gasteiger partial charge on any atom is -0.396 e. The van der Waals surface area contributed by atoms with Gasteiger partial charge in [0.25, 0.3) is 0 Å². The van der Waals surface area contributed by atoms with Crippen LogP contribution in [0.2, 0.25) is 0 Å². The molecule has 0 saturated carbocycles. The molecule has 1 aromatic heterocycles. The molecule has 0 spiro atoms. The monoisotopic (exact) mass is 253 g/mol. The van der Waals surface area contributed by atoms with Gasteiger partial charge in [-0.2, -0.15) is 4.98 Å². The highest BCUT2D eigenvalue weighted by atomic mass is 16.5. The van der Waals surface area contributed by atoms with Crippen LogP contribution in [-0.2, 0) is 4.74 Å². The summed E-state index contributed by atoms with van der Waals surface area (Å²) in [6, 6.07) is 0.224. The summed E-state index contributed by atoms with van der Waals surface area (Å²) in [4.78, 5) is 6.54. The first-order valence-corrected chi connectivity index (χ1v) is 6.52. The largest absolute Gasteiger partial charge is 0.396 e. The number of aliphatic hydroxyl groups excluding tert-OH is 1. The van der Waals surface area contributed by atoms with Gasteiger partial charge >= 0.3 is 0 Å². The molecule has 18 heavy (non-hydrogen) atoms. The van der Waals surface area contributed by atoms with E-state index in [9.17, 15) is 5.11 Å². The van der Waals surface area contributed by atoms with Gasteiger partial charge in [0.2, 0.25) is 6.39 Å². The lowest BCUT2D eigenvalue weighted by atomic mass is 9.85. The Bertz CT molecular complexity index is 372. The number of likely N-dealkylation sites (tertiary alicyclic amines) is 1. The molecule has 6 nitrogen and oxygen atoms in total. The molecule has 2 saturated heterocycles. The zero-order valence-corrected chi connectivity index (χ0v) is 10.4. The van der Waals surface area contributed by atoms with Crippen LogP contribution in [0.15, 0.2) is 10.9 Å². The second kappa shape index (κ2) is 4.95. The Labute approximate surface area is 106 Å². The van der Waals surface area contributed by atoms with Crippen LogP contribution < -0.4 is 0 Å². The average molecular weight is 253 g/mol. The fraction of sp³-hybridized carbons (Fsp3) is 0.833. The molecule has 1 atom stereocenters. The molecular formula is C12H19N3O3. The lowest BCUT2D eigenvalue weighted by molar-refractivity contribution is -0.154. The zero-order chi connectivity index (χ0) is 12.4. The van der Waals surface area contributed by atoms with Crippen molar-refractivity contribution in [3.05, 3.63) is 12.2 Å². The summed E-state index contributed by atoms with van der Waals surface area (Å²) in [6.45, 7) is 3.37. The molecule has 1 unspecified atom stereocenters. The van der Waals surface area contributed by atoms with Gasteiger partial charge in [-0.15, -0.1) is 0 Å². The predicted molar refractivity (Wildman–Crippen MR) is 62.8 cm³/mol. The maximum Gasteiger partial charge on any atom is 0.213 e. The molecule has 0 aliphatic carbocycles. The summed E-state index contributed by atoms with van der Waals surface area (Å²) in [5, 5.41) is 13.5. The zero-order valence-electron chi connectivity index (χ0n) is 10.4. The SMILES string of the molecule is OCC1(CN2CCCCC2c2ncon2)COC1. The highest BCUT2D eigenvalue weighted by Gasteiger charge is 2.42. The Hall–Kier alpha value is -0.980. The summed E-state index contributed by atoms with van der Waals surface area (Å²) in [6.07, 6.45) is 4.83. The molecule has 0 bridgehead atoms. The minimum absolute atomic E-state index is 0.0840. The number of aromatic nitrogens is 2. The van der Waals surface area contributed by atoms with Crippen molar-refractivity contribution in [1.29, 1.82) is 0 Å². The molecule has 6 heteroatoms. The standard InChI is InChI=1S/C12H19N3O3/c16-6-12(7-17-8-12)5-15-4-2-1-3-10(15)11-13-9-18-14-11/h9-10,16H,1-8H2. The average Bonchev–Trinajstić information content (AvgIpc) is 2.88. The van der Waals surface area contributed by atoms with Crippen LogP contribution in [0.1, 0.15) is 31.1 Å². The van der Waals surface area contributed by atoms with Gasteiger partial charge in [0, 0.05) is 6.54 Å². The van der Waals surface area contributed by atoms with Crippen LogP contribution in [0.4, 0.5) is 0 Å². The molecule has 2 aliphatic rings. The van der Waals surface area contributed by atoms with Crippen molar-refractivity contribution in [3.8, 4) is 0 Å². The number of rotatable bonds is 4. The Balaban J connectivity index is 1.72. The van der Waals surface area contributed by atoms with Crippen molar-refractivity contribution in [2.24, 2.45) is 5.41 Å². The highest BCUT2D eigenvalue weighted by molar-refractivity contribution is 4.97. The summed E-state index contributed by atoms with van der Waals surface area (Å²) in [5.74, 6) is 0.767. The lowest BCUT2D eigenvalue weighted by Gasteiger charge is -2.46. The van der Waals surface area contributed by atoms with Gasteiger partial charge in [0.1, 0.15) is 0 Å². The molecular weight excluding hydrogens is 234 g/mol. The van der Waals surface area contributed by atoms with Gasteiger partial charge in [-0.25, -0.2) is 0 Å². The van der Waals surface area contributed by atoms with Crippen LogP contribution in [-0.4, -0.2) is 53.1 Å². The van der Waals surface area contributed by atoms with E-state index in [1.54, 1.807) is 0 Å². The normalized spacial score (nSPS) is 27.9. The van der Waals surface area contributed by atoms with E-state index in [1.165, 1.54) is 19.2 Å². The summed E-state index contributed by atoms with van der Waals surface area (Å²) >= 11 is 0. The topological polar surface area (TPSA) is 71.6 Å². The summed E-state index contributed by atoms with van der Waals surface area (Å²) in [7, 11) is 0. The molecule has 1 aromatic rings. The van der Waals surface area contributed by atoms with E-state index in [2.05, 4.69) is 15.0 Å². The van der Waals surface area contributed by atoms with Gasteiger partial charge in [-0.3, -0.25) is 4.90 Å². The van der Waals surface area contributed by atoms with Crippen molar-refractivity contribution in [1.82, 2.24) is 15.0 Å². The van der Waals surface area contributed by atoms with E-state index < -0.39 is 0 Å². The number of aliphatic hydroxyl groups is 1. The van der Waals surface area contributed by atoms with Gasteiger partial charge in [0.05, 0.1) is 31.3 Å². The molecule has 2 aliphatic heterocycles. The number of piperidine rings is 1. The quantitative estimate of drug-likeness (QED) is 0.847. The molecule has 1 N–H and O–H groups in total. The predicted octanol–water partition coefficient (Wildman–Crippen LogP) is 0.605. The van der Waals surface area contributed by atoms with Crippen LogP contribution in [0.5, 0.6) is 0 Å². The second-order valence-corrected chi connectivity index (χ2v) is 5.42. The summed E-state index contributed by atoms with van der Waals surface area (Å²) < 4.78 is 10.1. The molecule has 0 aromatic carbocycles. The lowest BCUT2D eigenvalue weighted by Crippen LogP contribution is -2.54. The third-order valence-corrected chi connectivity index (χ3v) is 3.98. The van der Waals surface area contributed by atoms with E-state index in [4.69, 9.17) is 9.26 Å². The fourth-order valence-electron chi connectivity index (χ4n) is 2.85. The number of nitrogens with zero attached hydrogens (tertiary/aromatic N) is 3. The maximum atomic E-state index is 9.53. The van der Waals surface area contributed by atoms with E-state index in [1.807, 2.05) is 0 Å². The first kappa shape index (κ1) is 12.1. The van der Waals surface area contributed by atoms with Crippen LogP contribution >= 0.6 is 0 Å². The minimum atomic E-state index is -0.0840. The number of hydrogen-bond acceptors (Lipinski definition) is 6. The fourth-order valence-corrected chi connectivity index (χ4v) is 2.85. The molecule has 0 amide bonds. The van der Waals surface area contributed by atoms with Gasteiger partial charge in [-0.05, 0) is 19.4 Å². The Morgan fingerprint density at radius 1 is 1.44 bits per heavy atom. The Morgan fingerprint density at radius 2 is 2.33 bits per heavy atom. The van der Waals surface area contributed by atoms with Gasteiger partial charge in [0.15, 0.2) is 5.82 Å². The molecule has 100 valence electrons. The van der Waals surface area contributed by atoms with Crippen LogP contribution in [0, 0.1) is 5.41 Å². The van der Waals surface area contributed by atoms with Gasteiger partial charge < -0.3 is 14.4 Å². The Morgan fingerprint density at radius 3 is 2.94 bits per heavy atom. The number of hydrogen-bond donors (Lipinski definition) is 1. The maximum absolute atomic E-state index is 9.53. The van der Waals surface area contributed by atoms with E-state index in [0.29, 0.717) is 13.2 Å². The number of ether oxygens (including phenoxy) is 1. The van der Waals surface area contributed by atoms with Crippen LogP contribution in [0.3, 0.4) is 0 Å².